The van der Waals surface area contributed by atoms with Crippen molar-refractivity contribution in [3.63, 3.8) is 0 Å². The van der Waals surface area contributed by atoms with Crippen LogP contribution in [-0.2, 0) is 19.6 Å². The standard InChI is InChI=1S/C22H22FNO.ClH/c23-22-12-5-4-10-20(22)17-25-21-11-6-9-19(15-21)16-24-14-13-18-7-2-1-3-8-18;/h1-12,15,24H,13-14,16-17H2;1H. The monoisotopic (exact) mass is 371 g/mol. The third kappa shape index (κ3) is 6.17. The van der Waals surface area contributed by atoms with Crippen LogP contribution in [0.15, 0.2) is 78.9 Å². The molecule has 0 aliphatic carbocycles. The van der Waals surface area contributed by atoms with E-state index < -0.39 is 0 Å². The summed E-state index contributed by atoms with van der Waals surface area (Å²) in [6, 6.07) is 25.0. The van der Waals surface area contributed by atoms with E-state index >= 15 is 0 Å². The maximum absolute atomic E-state index is 13.6. The molecule has 3 rings (SSSR count). The molecule has 0 fully saturated rings. The van der Waals surface area contributed by atoms with Crippen LogP contribution >= 0.6 is 12.4 Å². The number of hydrogen-bond acceptors (Lipinski definition) is 2. The molecule has 1 N–H and O–H groups in total. The van der Waals surface area contributed by atoms with Gasteiger partial charge in [-0.05, 0) is 42.3 Å². The van der Waals surface area contributed by atoms with Gasteiger partial charge < -0.3 is 10.1 Å². The van der Waals surface area contributed by atoms with E-state index in [1.54, 1.807) is 12.1 Å². The average Bonchev–Trinajstić information content (AvgIpc) is 2.66. The van der Waals surface area contributed by atoms with Crippen molar-refractivity contribution in [3.05, 3.63) is 101 Å². The Morgan fingerprint density at radius 1 is 0.808 bits per heavy atom. The predicted octanol–water partition coefficient (Wildman–Crippen LogP) is 5.16. The number of nitrogens with one attached hydrogen (secondary N) is 1. The highest BCUT2D eigenvalue weighted by atomic mass is 35.5. The molecule has 0 bridgehead atoms. The van der Waals surface area contributed by atoms with E-state index in [1.807, 2.05) is 30.3 Å². The largest absolute Gasteiger partial charge is 0.489 e. The third-order valence-corrected chi connectivity index (χ3v) is 4.01. The number of ether oxygens (including phenoxy) is 1. The van der Waals surface area contributed by atoms with Crippen LogP contribution in [0, 0.1) is 5.82 Å². The molecular weight excluding hydrogens is 349 g/mol. The molecule has 0 atom stereocenters. The van der Waals surface area contributed by atoms with Crippen LogP contribution in [0.25, 0.3) is 0 Å². The summed E-state index contributed by atoms with van der Waals surface area (Å²) in [5, 5.41) is 3.44. The molecule has 0 saturated carbocycles. The summed E-state index contributed by atoms with van der Waals surface area (Å²) in [5.41, 5.74) is 3.05. The Labute approximate surface area is 160 Å². The Hall–Kier alpha value is -2.36. The van der Waals surface area contributed by atoms with E-state index in [2.05, 4.69) is 35.6 Å². The molecule has 0 aliphatic rings. The van der Waals surface area contributed by atoms with Crippen molar-refractivity contribution in [1.29, 1.82) is 0 Å². The zero-order chi connectivity index (χ0) is 17.3. The first kappa shape index (κ1) is 20.0. The summed E-state index contributed by atoms with van der Waals surface area (Å²) >= 11 is 0. The van der Waals surface area contributed by atoms with Crippen molar-refractivity contribution in [1.82, 2.24) is 5.32 Å². The van der Waals surface area contributed by atoms with Crippen molar-refractivity contribution in [3.8, 4) is 5.75 Å². The van der Waals surface area contributed by atoms with E-state index in [-0.39, 0.29) is 24.8 Å². The number of hydrogen-bond donors (Lipinski definition) is 1. The second-order valence-corrected chi connectivity index (χ2v) is 5.94. The zero-order valence-corrected chi connectivity index (χ0v) is 15.3. The minimum absolute atomic E-state index is 0. The summed E-state index contributed by atoms with van der Waals surface area (Å²) in [5.74, 6) is 0.520. The highest BCUT2D eigenvalue weighted by Gasteiger charge is 2.02. The maximum atomic E-state index is 13.6. The van der Waals surface area contributed by atoms with Gasteiger partial charge in [-0.25, -0.2) is 4.39 Å². The lowest BCUT2D eigenvalue weighted by Crippen LogP contribution is -2.16. The number of rotatable bonds is 8. The lowest BCUT2D eigenvalue weighted by Gasteiger charge is -2.10. The van der Waals surface area contributed by atoms with Crippen molar-refractivity contribution < 1.29 is 9.13 Å². The van der Waals surface area contributed by atoms with E-state index in [9.17, 15) is 4.39 Å². The van der Waals surface area contributed by atoms with Crippen LogP contribution in [0.4, 0.5) is 4.39 Å². The fourth-order valence-corrected chi connectivity index (χ4v) is 2.63. The highest BCUT2D eigenvalue weighted by Crippen LogP contribution is 2.16. The minimum Gasteiger partial charge on any atom is -0.489 e. The molecule has 0 radical (unpaired) electrons. The molecular formula is C22H23ClFNO. The van der Waals surface area contributed by atoms with Crippen LogP contribution in [-0.4, -0.2) is 6.54 Å². The van der Waals surface area contributed by atoms with Gasteiger partial charge in [0, 0.05) is 12.1 Å². The topological polar surface area (TPSA) is 21.3 Å². The van der Waals surface area contributed by atoms with Gasteiger partial charge in [0.25, 0.3) is 0 Å². The molecule has 0 amide bonds. The maximum Gasteiger partial charge on any atom is 0.129 e. The summed E-state index contributed by atoms with van der Waals surface area (Å²) < 4.78 is 19.3. The summed E-state index contributed by atoms with van der Waals surface area (Å²) in [7, 11) is 0. The van der Waals surface area contributed by atoms with Crippen LogP contribution in [0.1, 0.15) is 16.7 Å². The van der Waals surface area contributed by atoms with E-state index in [4.69, 9.17) is 4.74 Å². The Morgan fingerprint density at radius 2 is 1.54 bits per heavy atom. The molecule has 26 heavy (non-hydrogen) atoms. The summed E-state index contributed by atoms with van der Waals surface area (Å²) in [6.07, 6.45) is 1.00. The van der Waals surface area contributed by atoms with Gasteiger partial charge >= 0.3 is 0 Å². The van der Waals surface area contributed by atoms with Crippen LogP contribution in [0.2, 0.25) is 0 Å². The first-order valence-electron chi connectivity index (χ1n) is 8.51. The van der Waals surface area contributed by atoms with Gasteiger partial charge in [0.05, 0.1) is 0 Å². The number of benzene rings is 3. The second-order valence-electron chi connectivity index (χ2n) is 5.94. The molecule has 4 heteroatoms. The normalized spacial score (nSPS) is 10.2. The fourth-order valence-electron chi connectivity index (χ4n) is 2.63. The first-order chi connectivity index (χ1) is 12.3. The van der Waals surface area contributed by atoms with Gasteiger partial charge in [-0.15, -0.1) is 12.4 Å². The Kier molecular flexibility index (Phi) is 8.13. The van der Waals surface area contributed by atoms with E-state index in [0.29, 0.717) is 5.56 Å². The van der Waals surface area contributed by atoms with Gasteiger partial charge in [-0.3, -0.25) is 0 Å². The molecule has 0 spiro atoms. The van der Waals surface area contributed by atoms with Crippen LogP contribution < -0.4 is 10.1 Å². The molecule has 136 valence electrons. The fraction of sp³-hybridized carbons (Fsp3) is 0.182. The van der Waals surface area contributed by atoms with Gasteiger partial charge in [0.15, 0.2) is 0 Å². The quantitative estimate of drug-likeness (QED) is 0.552. The molecule has 3 aromatic carbocycles. The Morgan fingerprint density at radius 3 is 2.35 bits per heavy atom. The third-order valence-electron chi connectivity index (χ3n) is 4.01. The molecule has 0 aliphatic heterocycles. The highest BCUT2D eigenvalue weighted by molar-refractivity contribution is 5.85. The van der Waals surface area contributed by atoms with Gasteiger partial charge in [0.1, 0.15) is 18.2 Å². The first-order valence-corrected chi connectivity index (χ1v) is 8.51. The second kappa shape index (κ2) is 10.6. The average molecular weight is 372 g/mol. The van der Waals surface area contributed by atoms with Gasteiger partial charge in [-0.1, -0.05) is 60.7 Å². The molecule has 0 aromatic heterocycles. The van der Waals surface area contributed by atoms with Crippen molar-refractivity contribution >= 4 is 12.4 Å². The minimum atomic E-state index is -0.235. The van der Waals surface area contributed by atoms with Crippen LogP contribution in [0.3, 0.4) is 0 Å². The lowest BCUT2D eigenvalue weighted by molar-refractivity contribution is 0.299. The molecule has 0 saturated heterocycles. The molecule has 2 nitrogen and oxygen atoms in total. The Bertz CT molecular complexity index is 795. The van der Waals surface area contributed by atoms with Gasteiger partial charge in [-0.2, -0.15) is 0 Å². The SMILES string of the molecule is Cl.Fc1ccccc1COc1cccc(CNCCc2ccccc2)c1. The smallest absolute Gasteiger partial charge is 0.129 e. The van der Waals surface area contributed by atoms with Gasteiger partial charge in [0.2, 0.25) is 0 Å². The summed E-state index contributed by atoms with van der Waals surface area (Å²) in [6.45, 7) is 1.94. The molecule has 0 unspecified atom stereocenters. The lowest BCUT2D eigenvalue weighted by atomic mass is 10.1. The van der Waals surface area contributed by atoms with E-state index in [1.165, 1.54) is 11.6 Å². The van der Waals surface area contributed by atoms with Crippen LogP contribution in [0.5, 0.6) is 5.75 Å². The predicted molar refractivity (Wildman–Crippen MR) is 106 cm³/mol. The van der Waals surface area contributed by atoms with E-state index in [0.717, 1.165) is 30.8 Å². The number of halogens is 2. The molecule has 0 heterocycles. The zero-order valence-electron chi connectivity index (χ0n) is 14.5. The molecule has 3 aromatic rings. The Balaban J connectivity index is 0.00000243. The summed E-state index contributed by atoms with van der Waals surface area (Å²) in [4.78, 5) is 0. The van der Waals surface area contributed by atoms with Crippen molar-refractivity contribution in [2.75, 3.05) is 6.54 Å². The van der Waals surface area contributed by atoms with Crippen molar-refractivity contribution in [2.24, 2.45) is 0 Å². The van der Waals surface area contributed by atoms with Crippen molar-refractivity contribution in [2.45, 2.75) is 19.6 Å².